The number of aryl methyl sites for hydroxylation is 2. The molecule has 1 N–H and O–H groups in total. The maximum Gasteiger partial charge on any atom is 0.0908 e. The van der Waals surface area contributed by atoms with E-state index in [4.69, 9.17) is 11.6 Å². The van der Waals surface area contributed by atoms with Crippen molar-refractivity contribution in [3.63, 3.8) is 0 Å². The van der Waals surface area contributed by atoms with E-state index in [-0.39, 0.29) is 0 Å². The molecule has 5 heteroatoms. The van der Waals surface area contributed by atoms with Gasteiger partial charge < -0.3 is 5.32 Å². The van der Waals surface area contributed by atoms with Gasteiger partial charge in [-0.2, -0.15) is 5.10 Å². The zero-order valence-electron chi connectivity index (χ0n) is 12.3. The van der Waals surface area contributed by atoms with Crippen LogP contribution in [0.5, 0.6) is 0 Å². The second-order valence-corrected chi connectivity index (χ2v) is 5.53. The number of rotatable bonds is 3. The molecule has 0 aliphatic heterocycles. The third-order valence-corrected chi connectivity index (χ3v) is 4.14. The van der Waals surface area contributed by atoms with E-state index in [2.05, 4.69) is 22.3 Å². The summed E-state index contributed by atoms with van der Waals surface area (Å²) in [5, 5.41) is 9.62. The Hall–Kier alpha value is -2.07. The molecule has 0 aliphatic rings. The SMILES string of the molecule is Cc1nn(C)c(C)c1CNc1ccc(Cl)c2ncccc12. The van der Waals surface area contributed by atoms with E-state index in [1.54, 1.807) is 6.20 Å². The van der Waals surface area contributed by atoms with Crippen LogP contribution in [-0.4, -0.2) is 14.8 Å². The molecule has 0 spiro atoms. The fourth-order valence-electron chi connectivity index (χ4n) is 2.55. The Morgan fingerprint density at radius 2 is 2.05 bits per heavy atom. The van der Waals surface area contributed by atoms with Gasteiger partial charge in [0, 0.05) is 42.1 Å². The molecule has 0 aliphatic carbocycles. The highest BCUT2D eigenvalue weighted by Gasteiger charge is 2.10. The zero-order valence-corrected chi connectivity index (χ0v) is 13.1. The van der Waals surface area contributed by atoms with E-state index < -0.39 is 0 Å². The van der Waals surface area contributed by atoms with Gasteiger partial charge in [0.1, 0.15) is 0 Å². The smallest absolute Gasteiger partial charge is 0.0908 e. The Kier molecular flexibility index (Phi) is 3.55. The van der Waals surface area contributed by atoms with Gasteiger partial charge in [0.2, 0.25) is 0 Å². The molecule has 0 saturated heterocycles. The van der Waals surface area contributed by atoms with Gasteiger partial charge in [-0.3, -0.25) is 9.67 Å². The van der Waals surface area contributed by atoms with Crippen LogP contribution >= 0.6 is 11.6 Å². The summed E-state index contributed by atoms with van der Waals surface area (Å²) in [6, 6.07) is 7.82. The van der Waals surface area contributed by atoms with Crippen LogP contribution in [0.3, 0.4) is 0 Å². The number of fused-ring (bicyclic) bond motifs is 1. The molecule has 4 nitrogen and oxygen atoms in total. The number of nitrogens with one attached hydrogen (secondary N) is 1. The van der Waals surface area contributed by atoms with Crippen LogP contribution in [0.25, 0.3) is 10.9 Å². The van der Waals surface area contributed by atoms with Crippen LogP contribution < -0.4 is 5.32 Å². The summed E-state index contributed by atoms with van der Waals surface area (Å²) in [6.07, 6.45) is 1.76. The zero-order chi connectivity index (χ0) is 15.0. The lowest BCUT2D eigenvalue weighted by atomic mass is 10.1. The lowest BCUT2D eigenvalue weighted by Crippen LogP contribution is -2.03. The molecule has 2 heterocycles. The second-order valence-electron chi connectivity index (χ2n) is 5.12. The number of halogens is 1. The molecule has 1 aromatic carbocycles. The number of hydrogen-bond donors (Lipinski definition) is 1. The predicted octanol–water partition coefficient (Wildman–Crippen LogP) is 3.85. The highest BCUT2D eigenvalue weighted by Crippen LogP contribution is 2.28. The van der Waals surface area contributed by atoms with Crippen molar-refractivity contribution in [3.05, 3.63) is 52.4 Å². The van der Waals surface area contributed by atoms with Crippen molar-refractivity contribution in [2.45, 2.75) is 20.4 Å². The molecule has 2 aromatic heterocycles. The molecule has 108 valence electrons. The molecule has 3 rings (SSSR count). The Labute approximate surface area is 128 Å². The van der Waals surface area contributed by atoms with Gasteiger partial charge >= 0.3 is 0 Å². The first-order valence-corrected chi connectivity index (χ1v) is 7.22. The highest BCUT2D eigenvalue weighted by atomic mass is 35.5. The van der Waals surface area contributed by atoms with Gasteiger partial charge in [-0.05, 0) is 38.1 Å². The maximum atomic E-state index is 6.20. The average Bonchev–Trinajstić information content (AvgIpc) is 2.72. The molecular weight excluding hydrogens is 284 g/mol. The summed E-state index contributed by atoms with van der Waals surface area (Å²) in [7, 11) is 1.97. The van der Waals surface area contributed by atoms with Crippen LogP contribution in [0.15, 0.2) is 30.5 Å². The molecule has 21 heavy (non-hydrogen) atoms. The van der Waals surface area contributed by atoms with Crippen LogP contribution in [0.4, 0.5) is 5.69 Å². The van der Waals surface area contributed by atoms with Gasteiger partial charge in [-0.15, -0.1) is 0 Å². The quantitative estimate of drug-likeness (QED) is 0.799. The number of aromatic nitrogens is 3. The summed E-state index contributed by atoms with van der Waals surface area (Å²) in [4.78, 5) is 4.35. The molecule has 3 aromatic rings. The summed E-state index contributed by atoms with van der Waals surface area (Å²) < 4.78 is 1.91. The van der Waals surface area contributed by atoms with Crippen LogP contribution in [-0.2, 0) is 13.6 Å². The minimum absolute atomic E-state index is 0.671. The van der Waals surface area contributed by atoms with Gasteiger partial charge in [0.15, 0.2) is 0 Å². The van der Waals surface area contributed by atoms with Crippen molar-refractivity contribution in [1.82, 2.24) is 14.8 Å². The fraction of sp³-hybridized carbons (Fsp3) is 0.250. The summed E-state index contributed by atoms with van der Waals surface area (Å²) in [6.45, 7) is 4.85. The first-order chi connectivity index (χ1) is 10.1. The number of pyridine rings is 1. The largest absolute Gasteiger partial charge is 0.380 e. The van der Waals surface area contributed by atoms with Crippen LogP contribution in [0.2, 0.25) is 5.02 Å². The van der Waals surface area contributed by atoms with Crippen molar-refractivity contribution in [3.8, 4) is 0 Å². The van der Waals surface area contributed by atoms with Crippen molar-refractivity contribution >= 4 is 28.2 Å². The number of hydrogen-bond acceptors (Lipinski definition) is 3. The summed E-state index contributed by atoms with van der Waals surface area (Å²) >= 11 is 6.20. The van der Waals surface area contributed by atoms with Crippen molar-refractivity contribution in [1.29, 1.82) is 0 Å². The Bertz CT molecular complexity index is 807. The van der Waals surface area contributed by atoms with Crippen LogP contribution in [0.1, 0.15) is 17.0 Å². The molecule has 0 radical (unpaired) electrons. The van der Waals surface area contributed by atoms with Gasteiger partial charge in [0.25, 0.3) is 0 Å². The Morgan fingerprint density at radius 3 is 2.76 bits per heavy atom. The minimum Gasteiger partial charge on any atom is -0.380 e. The molecule has 0 amide bonds. The monoisotopic (exact) mass is 300 g/mol. The third-order valence-electron chi connectivity index (χ3n) is 3.83. The van der Waals surface area contributed by atoms with Crippen molar-refractivity contribution in [2.24, 2.45) is 7.05 Å². The van der Waals surface area contributed by atoms with Gasteiger partial charge in [0.05, 0.1) is 16.2 Å². The fourth-order valence-corrected chi connectivity index (χ4v) is 2.76. The number of nitrogens with zero attached hydrogens (tertiary/aromatic N) is 3. The predicted molar refractivity (Wildman–Crippen MR) is 86.8 cm³/mol. The molecule has 0 saturated carbocycles. The number of anilines is 1. The first-order valence-electron chi connectivity index (χ1n) is 6.84. The van der Waals surface area contributed by atoms with E-state index in [1.807, 2.05) is 42.9 Å². The lowest BCUT2D eigenvalue weighted by molar-refractivity contribution is 0.730. The van der Waals surface area contributed by atoms with Gasteiger partial charge in [-0.1, -0.05) is 11.6 Å². The normalized spacial score (nSPS) is 11.0. The van der Waals surface area contributed by atoms with Gasteiger partial charge in [-0.25, -0.2) is 0 Å². The van der Waals surface area contributed by atoms with Crippen molar-refractivity contribution in [2.75, 3.05) is 5.32 Å². The average molecular weight is 301 g/mol. The Balaban J connectivity index is 1.94. The second kappa shape index (κ2) is 5.37. The standard InChI is InChI=1S/C16H17ClN4/c1-10-13(11(2)21(3)20-10)9-19-15-7-6-14(17)16-12(15)5-4-8-18-16/h4-8,19H,9H2,1-3H3. The summed E-state index contributed by atoms with van der Waals surface area (Å²) in [5.74, 6) is 0. The molecule has 0 atom stereocenters. The van der Waals surface area contributed by atoms with E-state index in [0.29, 0.717) is 5.02 Å². The van der Waals surface area contributed by atoms with E-state index >= 15 is 0 Å². The van der Waals surface area contributed by atoms with Crippen LogP contribution in [0, 0.1) is 13.8 Å². The third kappa shape index (κ3) is 2.47. The molecule has 0 fully saturated rings. The first kappa shape index (κ1) is 13.9. The lowest BCUT2D eigenvalue weighted by Gasteiger charge is -2.10. The summed E-state index contributed by atoms with van der Waals surface area (Å²) in [5.41, 5.74) is 5.31. The molecular formula is C16H17ClN4. The van der Waals surface area contributed by atoms with E-state index in [0.717, 1.165) is 28.8 Å². The van der Waals surface area contributed by atoms with E-state index in [1.165, 1.54) is 11.3 Å². The molecule has 0 unspecified atom stereocenters. The van der Waals surface area contributed by atoms with E-state index in [9.17, 15) is 0 Å². The Morgan fingerprint density at radius 1 is 1.24 bits per heavy atom. The minimum atomic E-state index is 0.671. The van der Waals surface area contributed by atoms with Crippen molar-refractivity contribution < 1.29 is 0 Å². The number of benzene rings is 1. The molecule has 0 bridgehead atoms. The topological polar surface area (TPSA) is 42.7 Å². The highest BCUT2D eigenvalue weighted by molar-refractivity contribution is 6.35. The maximum absolute atomic E-state index is 6.20.